The number of ether oxygens (including phenoxy) is 1. The van der Waals surface area contributed by atoms with Crippen LogP contribution in [0.3, 0.4) is 0 Å². The summed E-state index contributed by atoms with van der Waals surface area (Å²) in [5.41, 5.74) is 6.54. The molecular weight excluding hydrogens is 222 g/mol. The number of hydrogen-bond acceptors (Lipinski definition) is 4. The van der Waals surface area contributed by atoms with Crippen LogP contribution in [0.15, 0.2) is 11.4 Å². The van der Waals surface area contributed by atoms with E-state index in [2.05, 4.69) is 0 Å². The predicted octanol–water partition coefficient (Wildman–Crippen LogP) is 1.83. The molecule has 78 valence electrons. The van der Waals surface area contributed by atoms with Crippen molar-refractivity contribution < 1.29 is 9.53 Å². The van der Waals surface area contributed by atoms with E-state index in [9.17, 15) is 4.79 Å². The zero-order valence-electron chi connectivity index (χ0n) is 7.83. The Bertz CT molecular complexity index is 314. The van der Waals surface area contributed by atoms with Crippen LogP contribution in [0.25, 0.3) is 0 Å². The molecule has 1 rings (SSSR count). The summed E-state index contributed by atoms with van der Waals surface area (Å²) in [7, 11) is 0. The van der Waals surface area contributed by atoms with Gasteiger partial charge in [0.15, 0.2) is 0 Å². The third-order valence-corrected chi connectivity index (χ3v) is 2.97. The van der Waals surface area contributed by atoms with Crippen molar-refractivity contribution in [3.63, 3.8) is 0 Å². The van der Waals surface area contributed by atoms with E-state index in [0.717, 1.165) is 5.56 Å². The lowest BCUT2D eigenvalue weighted by Crippen LogP contribution is -2.34. The van der Waals surface area contributed by atoms with Gasteiger partial charge in [-0.05, 0) is 23.9 Å². The first-order valence-corrected chi connectivity index (χ1v) is 5.55. The van der Waals surface area contributed by atoms with Gasteiger partial charge in [-0.2, -0.15) is 0 Å². The molecule has 3 nitrogen and oxygen atoms in total. The van der Waals surface area contributed by atoms with Gasteiger partial charge in [-0.1, -0.05) is 11.6 Å². The van der Waals surface area contributed by atoms with E-state index in [1.54, 1.807) is 6.92 Å². The smallest absolute Gasteiger partial charge is 0.323 e. The molecule has 0 aliphatic rings. The van der Waals surface area contributed by atoms with Crippen molar-refractivity contribution in [1.82, 2.24) is 0 Å². The van der Waals surface area contributed by atoms with Crippen LogP contribution in [0.5, 0.6) is 0 Å². The summed E-state index contributed by atoms with van der Waals surface area (Å²) in [6.45, 7) is 2.10. The van der Waals surface area contributed by atoms with Crippen LogP contribution in [0.4, 0.5) is 0 Å². The minimum Gasteiger partial charge on any atom is -0.465 e. The molecule has 0 fully saturated rings. The molecule has 1 unspecified atom stereocenters. The summed E-state index contributed by atoms with van der Waals surface area (Å²) < 4.78 is 5.47. The summed E-state index contributed by atoms with van der Waals surface area (Å²) in [6.07, 6.45) is 0.432. The number of esters is 1. The van der Waals surface area contributed by atoms with E-state index in [1.165, 1.54) is 11.3 Å². The van der Waals surface area contributed by atoms with E-state index in [4.69, 9.17) is 22.1 Å². The molecule has 14 heavy (non-hydrogen) atoms. The van der Waals surface area contributed by atoms with Gasteiger partial charge in [0.2, 0.25) is 0 Å². The second kappa shape index (κ2) is 5.34. The minimum atomic E-state index is -0.623. The van der Waals surface area contributed by atoms with Gasteiger partial charge in [-0.3, -0.25) is 4.79 Å². The molecule has 0 spiro atoms. The van der Waals surface area contributed by atoms with Gasteiger partial charge in [0.1, 0.15) is 6.04 Å². The first kappa shape index (κ1) is 11.5. The second-order valence-electron chi connectivity index (χ2n) is 2.78. The van der Waals surface area contributed by atoms with E-state index in [-0.39, 0.29) is 5.97 Å². The highest BCUT2D eigenvalue weighted by atomic mass is 35.5. The molecule has 0 saturated heterocycles. The maximum Gasteiger partial charge on any atom is 0.323 e. The van der Waals surface area contributed by atoms with Crippen molar-refractivity contribution in [3.8, 4) is 0 Å². The molecule has 0 bridgehead atoms. The Morgan fingerprint density at radius 2 is 2.50 bits per heavy atom. The fourth-order valence-corrected chi connectivity index (χ4v) is 1.98. The molecule has 1 heterocycles. The molecule has 0 aromatic carbocycles. The maximum absolute atomic E-state index is 11.2. The molecular formula is C9H12ClNO2S. The van der Waals surface area contributed by atoms with E-state index < -0.39 is 6.04 Å². The highest BCUT2D eigenvalue weighted by Gasteiger charge is 2.16. The largest absolute Gasteiger partial charge is 0.465 e. The van der Waals surface area contributed by atoms with Crippen LogP contribution in [-0.4, -0.2) is 18.6 Å². The Morgan fingerprint density at radius 3 is 3.00 bits per heavy atom. The number of thiophene rings is 1. The molecule has 0 saturated carbocycles. The molecule has 0 amide bonds. The van der Waals surface area contributed by atoms with Crippen molar-refractivity contribution in [2.24, 2.45) is 5.73 Å². The van der Waals surface area contributed by atoms with Crippen molar-refractivity contribution in [2.75, 3.05) is 6.61 Å². The van der Waals surface area contributed by atoms with E-state index in [1.807, 2.05) is 11.4 Å². The van der Waals surface area contributed by atoms with Crippen LogP contribution in [0.1, 0.15) is 12.5 Å². The van der Waals surface area contributed by atoms with Crippen molar-refractivity contribution in [3.05, 3.63) is 21.3 Å². The third kappa shape index (κ3) is 2.97. The van der Waals surface area contributed by atoms with Crippen molar-refractivity contribution in [2.45, 2.75) is 19.4 Å². The van der Waals surface area contributed by atoms with Crippen LogP contribution in [-0.2, 0) is 16.0 Å². The third-order valence-electron chi connectivity index (χ3n) is 1.72. The lowest BCUT2D eigenvalue weighted by Gasteiger charge is -2.09. The van der Waals surface area contributed by atoms with Crippen LogP contribution in [0.2, 0.25) is 4.34 Å². The van der Waals surface area contributed by atoms with Gasteiger partial charge in [-0.15, -0.1) is 11.3 Å². The second-order valence-corrected chi connectivity index (χ2v) is 4.30. The van der Waals surface area contributed by atoms with Crippen LogP contribution < -0.4 is 5.73 Å². The fraction of sp³-hybridized carbons (Fsp3) is 0.444. The summed E-state index contributed by atoms with van der Waals surface area (Å²) in [6, 6.07) is 1.24. The predicted molar refractivity (Wildman–Crippen MR) is 57.6 cm³/mol. The lowest BCUT2D eigenvalue weighted by molar-refractivity contribution is -0.144. The lowest BCUT2D eigenvalue weighted by atomic mass is 10.1. The topological polar surface area (TPSA) is 52.3 Å². The van der Waals surface area contributed by atoms with Crippen LogP contribution in [0, 0.1) is 0 Å². The van der Waals surface area contributed by atoms with Gasteiger partial charge < -0.3 is 10.5 Å². The number of rotatable bonds is 4. The molecule has 1 aromatic heterocycles. The Hall–Kier alpha value is -0.580. The Labute approximate surface area is 91.8 Å². The number of carbonyl (C=O) groups excluding carboxylic acids is 1. The van der Waals surface area contributed by atoms with Crippen molar-refractivity contribution in [1.29, 1.82) is 0 Å². The van der Waals surface area contributed by atoms with Gasteiger partial charge in [-0.25, -0.2) is 0 Å². The Morgan fingerprint density at radius 1 is 1.79 bits per heavy atom. The number of nitrogens with two attached hydrogens (primary N) is 1. The van der Waals surface area contributed by atoms with Gasteiger partial charge >= 0.3 is 5.97 Å². The highest BCUT2D eigenvalue weighted by Crippen LogP contribution is 2.23. The summed E-state index contributed by atoms with van der Waals surface area (Å²) in [5, 5.41) is 1.87. The molecule has 0 radical (unpaired) electrons. The molecule has 0 aliphatic carbocycles. The van der Waals surface area contributed by atoms with Gasteiger partial charge in [0.05, 0.1) is 10.9 Å². The SMILES string of the molecule is CCOC(=O)C(N)Cc1ccsc1Cl. The summed E-state index contributed by atoms with van der Waals surface area (Å²) >= 11 is 7.31. The zero-order valence-corrected chi connectivity index (χ0v) is 9.40. The normalized spacial score (nSPS) is 12.5. The maximum atomic E-state index is 11.2. The molecule has 0 aliphatic heterocycles. The van der Waals surface area contributed by atoms with E-state index >= 15 is 0 Å². The highest BCUT2D eigenvalue weighted by molar-refractivity contribution is 7.14. The van der Waals surface area contributed by atoms with E-state index in [0.29, 0.717) is 17.4 Å². The average Bonchev–Trinajstić information content (AvgIpc) is 2.52. The molecule has 2 N–H and O–H groups in total. The Kier molecular flexibility index (Phi) is 4.38. The summed E-state index contributed by atoms with van der Waals surface area (Å²) in [4.78, 5) is 11.2. The first-order valence-electron chi connectivity index (χ1n) is 4.29. The van der Waals surface area contributed by atoms with Crippen LogP contribution >= 0.6 is 22.9 Å². The van der Waals surface area contributed by atoms with Crippen molar-refractivity contribution >= 4 is 28.9 Å². The van der Waals surface area contributed by atoms with Gasteiger partial charge in [0, 0.05) is 6.42 Å². The first-order chi connectivity index (χ1) is 6.65. The average molecular weight is 234 g/mol. The monoisotopic (exact) mass is 233 g/mol. The zero-order chi connectivity index (χ0) is 10.6. The standard InChI is InChI=1S/C9H12ClNO2S/c1-2-13-9(12)7(11)5-6-3-4-14-8(6)10/h3-4,7H,2,5,11H2,1H3. The number of hydrogen-bond donors (Lipinski definition) is 1. The minimum absolute atomic E-state index is 0.351. The van der Waals surface area contributed by atoms with Gasteiger partial charge in [0.25, 0.3) is 0 Å². The number of carbonyl (C=O) groups is 1. The number of halogens is 1. The Balaban J connectivity index is 2.52. The quantitative estimate of drug-likeness (QED) is 0.808. The molecule has 1 atom stereocenters. The fourth-order valence-electron chi connectivity index (χ4n) is 1.03. The molecule has 5 heteroatoms. The summed E-state index contributed by atoms with van der Waals surface area (Å²) in [5.74, 6) is -0.380. The molecule has 1 aromatic rings.